The molecule has 94 valence electrons. The molecule has 0 amide bonds. The summed E-state index contributed by atoms with van der Waals surface area (Å²) < 4.78 is 0. The maximum absolute atomic E-state index is 5.98. The molecule has 0 aromatic carbocycles. The van der Waals surface area contributed by atoms with Crippen molar-refractivity contribution in [2.75, 3.05) is 11.9 Å². The van der Waals surface area contributed by atoms with E-state index in [1.54, 1.807) is 6.20 Å². The topological polar surface area (TPSA) is 37.8 Å². The smallest absolute Gasteiger partial charge is 0.148 e. The van der Waals surface area contributed by atoms with Crippen molar-refractivity contribution in [1.29, 1.82) is 0 Å². The number of nitrogens with one attached hydrogen (secondary N) is 1. The van der Waals surface area contributed by atoms with Crippen LogP contribution in [0.3, 0.4) is 0 Å². The van der Waals surface area contributed by atoms with E-state index in [4.69, 9.17) is 11.6 Å². The molecule has 1 N–H and O–H groups in total. The molecule has 4 heteroatoms. The van der Waals surface area contributed by atoms with E-state index in [-0.39, 0.29) is 0 Å². The zero-order valence-corrected chi connectivity index (χ0v) is 11.1. The first-order chi connectivity index (χ1) is 8.25. The van der Waals surface area contributed by atoms with Gasteiger partial charge in [0.1, 0.15) is 17.2 Å². The summed E-state index contributed by atoms with van der Waals surface area (Å²) in [5.74, 6) is 2.56. The highest BCUT2D eigenvalue weighted by Crippen LogP contribution is 2.30. The summed E-state index contributed by atoms with van der Waals surface area (Å²) in [6.07, 6.45) is 9.89. The Balaban J connectivity index is 1.71. The molecular formula is C13H20ClN3. The quantitative estimate of drug-likeness (QED) is 0.888. The molecule has 1 aromatic heterocycles. The summed E-state index contributed by atoms with van der Waals surface area (Å²) >= 11 is 5.98. The predicted molar refractivity (Wildman–Crippen MR) is 71.3 cm³/mol. The number of rotatable bonds is 4. The normalized spacial score (nSPS) is 24.6. The standard InChI is InChI=1S/C13H20ClN3/c1-10-2-4-11(5-3-10)6-7-16-13-12(14)8-15-9-17-13/h8-11H,2-7H2,1H3,(H,15,16,17). The predicted octanol–water partition coefficient (Wildman–Crippen LogP) is 3.76. The SMILES string of the molecule is CC1CCC(CCNc2ncncc2Cl)CC1. The summed E-state index contributed by atoms with van der Waals surface area (Å²) in [7, 11) is 0. The second-order valence-electron chi connectivity index (χ2n) is 5.06. The highest BCUT2D eigenvalue weighted by atomic mass is 35.5. The fourth-order valence-corrected chi connectivity index (χ4v) is 2.63. The van der Waals surface area contributed by atoms with E-state index in [9.17, 15) is 0 Å². The molecule has 2 rings (SSSR count). The molecule has 0 atom stereocenters. The van der Waals surface area contributed by atoms with Crippen molar-refractivity contribution in [2.24, 2.45) is 11.8 Å². The minimum atomic E-state index is 0.602. The van der Waals surface area contributed by atoms with Crippen molar-refractivity contribution in [3.8, 4) is 0 Å². The van der Waals surface area contributed by atoms with Crippen LogP contribution >= 0.6 is 11.6 Å². The van der Waals surface area contributed by atoms with Crippen molar-refractivity contribution in [2.45, 2.75) is 39.0 Å². The Labute approximate surface area is 108 Å². The first-order valence-corrected chi connectivity index (χ1v) is 6.83. The lowest BCUT2D eigenvalue weighted by molar-refractivity contribution is 0.282. The molecule has 0 unspecified atom stereocenters. The summed E-state index contributed by atoms with van der Waals surface area (Å²) in [4.78, 5) is 7.99. The molecule has 1 aliphatic rings. The van der Waals surface area contributed by atoms with Crippen LogP contribution < -0.4 is 5.32 Å². The van der Waals surface area contributed by atoms with Crippen LogP contribution in [-0.4, -0.2) is 16.5 Å². The largest absolute Gasteiger partial charge is 0.369 e. The van der Waals surface area contributed by atoms with Gasteiger partial charge in [-0.1, -0.05) is 44.2 Å². The van der Waals surface area contributed by atoms with Gasteiger partial charge in [-0.2, -0.15) is 0 Å². The van der Waals surface area contributed by atoms with Crippen molar-refractivity contribution < 1.29 is 0 Å². The lowest BCUT2D eigenvalue weighted by Crippen LogP contribution is -2.16. The third-order valence-electron chi connectivity index (χ3n) is 3.65. The van der Waals surface area contributed by atoms with Crippen LogP contribution in [0.4, 0.5) is 5.82 Å². The second-order valence-corrected chi connectivity index (χ2v) is 5.47. The Morgan fingerprint density at radius 2 is 2.12 bits per heavy atom. The summed E-state index contributed by atoms with van der Waals surface area (Å²) in [6.45, 7) is 3.31. The van der Waals surface area contributed by atoms with Crippen LogP contribution in [0.5, 0.6) is 0 Å². The highest BCUT2D eigenvalue weighted by Gasteiger charge is 2.17. The molecule has 0 aliphatic heterocycles. The third kappa shape index (κ3) is 3.84. The van der Waals surface area contributed by atoms with Gasteiger partial charge in [0.2, 0.25) is 0 Å². The van der Waals surface area contributed by atoms with E-state index in [2.05, 4.69) is 22.2 Å². The molecule has 0 saturated heterocycles. The van der Waals surface area contributed by atoms with E-state index in [0.717, 1.165) is 24.2 Å². The average Bonchev–Trinajstić information content (AvgIpc) is 2.34. The number of hydrogen-bond donors (Lipinski definition) is 1. The number of halogens is 1. The Morgan fingerprint density at radius 3 is 2.82 bits per heavy atom. The highest BCUT2D eigenvalue weighted by molar-refractivity contribution is 6.32. The maximum atomic E-state index is 5.98. The molecule has 3 nitrogen and oxygen atoms in total. The minimum Gasteiger partial charge on any atom is -0.369 e. The van der Waals surface area contributed by atoms with Crippen LogP contribution in [0.2, 0.25) is 5.02 Å². The monoisotopic (exact) mass is 253 g/mol. The first-order valence-electron chi connectivity index (χ1n) is 6.45. The number of anilines is 1. The van der Waals surface area contributed by atoms with Gasteiger partial charge < -0.3 is 5.32 Å². The van der Waals surface area contributed by atoms with Crippen molar-refractivity contribution in [1.82, 2.24) is 9.97 Å². The number of aromatic nitrogens is 2. The van der Waals surface area contributed by atoms with E-state index in [1.807, 2.05) is 0 Å². The molecule has 17 heavy (non-hydrogen) atoms. The fraction of sp³-hybridized carbons (Fsp3) is 0.692. The van der Waals surface area contributed by atoms with E-state index in [1.165, 1.54) is 38.4 Å². The Kier molecular flexibility index (Phi) is 4.60. The molecule has 0 spiro atoms. The zero-order chi connectivity index (χ0) is 12.1. The van der Waals surface area contributed by atoms with Gasteiger partial charge in [0.15, 0.2) is 0 Å². The Bertz CT molecular complexity index is 348. The van der Waals surface area contributed by atoms with Gasteiger partial charge >= 0.3 is 0 Å². The maximum Gasteiger partial charge on any atom is 0.148 e. The van der Waals surface area contributed by atoms with Gasteiger partial charge in [0, 0.05) is 6.54 Å². The summed E-state index contributed by atoms with van der Waals surface area (Å²) in [6, 6.07) is 0. The number of nitrogens with zero attached hydrogens (tertiary/aromatic N) is 2. The lowest BCUT2D eigenvalue weighted by atomic mass is 9.81. The Morgan fingerprint density at radius 1 is 1.35 bits per heavy atom. The van der Waals surface area contributed by atoms with Gasteiger partial charge in [0.05, 0.1) is 6.20 Å². The third-order valence-corrected chi connectivity index (χ3v) is 3.92. The van der Waals surface area contributed by atoms with Crippen molar-refractivity contribution >= 4 is 17.4 Å². The lowest BCUT2D eigenvalue weighted by Gasteiger charge is -2.26. The van der Waals surface area contributed by atoms with Gasteiger partial charge in [-0.3, -0.25) is 0 Å². The molecule has 1 heterocycles. The number of hydrogen-bond acceptors (Lipinski definition) is 3. The second kappa shape index (κ2) is 6.20. The molecule has 1 aromatic rings. The molecule has 0 radical (unpaired) electrons. The van der Waals surface area contributed by atoms with E-state index >= 15 is 0 Å². The van der Waals surface area contributed by atoms with Gasteiger partial charge in [-0.15, -0.1) is 0 Å². The van der Waals surface area contributed by atoms with Gasteiger partial charge in [0.25, 0.3) is 0 Å². The van der Waals surface area contributed by atoms with Crippen LogP contribution in [-0.2, 0) is 0 Å². The summed E-state index contributed by atoms with van der Waals surface area (Å²) in [5.41, 5.74) is 0. The van der Waals surface area contributed by atoms with E-state index < -0.39 is 0 Å². The Hall–Kier alpha value is -0.830. The van der Waals surface area contributed by atoms with Crippen LogP contribution in [0, 0.1) is 11.8 Å². The zero-order valence-electron chi connectivity index (χ0n) is 10.3. The molecular weight excluding hydrogens is 234 g/mol. The molecule has 1 fully saturated rings. The summed E-state index contributed by atoms with van der Waals surface area (Å²) in [5, 5.41) is 3.89. The molecule has 0 bridgehead atoms. The van der Waals surface area contributed by atoms with Crippen LogP contribution in [0.1, 0.15) is 39.0 Å². The molecule has 1 saturated carbocycles. The molecule has 1 aliphatic carbocycles. The fourth-order valence-electron chi connectivity index (χ4n) is 2.46. The van der Waals surface area contributed by atoms with Gasteiger partial charge in [-0.05, 0) is 18.3 Å². The van der Waals surface area contributed by atoms with Crippen LogP contribution in [0.25, 0.3) is 0 Å². The van der Waals surface area contributed by atoms with E-state index in [0.29, 0.717) is 5.02 Å². The average molecular weight is 254 g/mol. The van der Waals surface area contributed by atoms with Crippen LogP contribution in [0.15, 0.2) is 12.5 Å². The van der Waals surface area contributed by atoms with Crippen molar-refractivity contribution in [3.05, 3.63) is 17.5 Å². The minimum absolute atomic E-state index is 0.602. The van der Waals surface area contributed by atoms with Gasteiger partial charge in [-0.25, -0.2) is 9.97 Å². The van der Waals surface area contributed by atoms with Crippen molar-refractivity contribution in [3.63, 3.8) is 0 Å². The first kappa shape index (κ1) is 12.6.